The molecule has 7 heteroatoms. The molecule has 0 atom stereocenters. The lowest BCUT2D eigenvalue weighted by Gasteiger charge is -1.95. The first-order valence-corrected chi connectivity index (χ1v) is 6.04. The zero-order chi connectivity index (χ0) is 13.3. The molecule has 3 N–H and O–H groups in total. The maximum absolute atomic E-state index is 10.4. The van der Waals surface area contributed by atoms with Gasteiger partial charge in [-0.2, -0.15) is 18.9 Å². The number of nitrogens with zero attached hydrogens (tertiary/aromatic N) is 2. The molecular formula is C10H11N3O3S. The molecule has 17 heavy (non-hydrogen) atoms. The number of nitrogens with two attached hydrogens (primary N) is 1. The van der Waals surface area contributed by atoms with Gasteiger partial charge in [0.25, 0.3) is 10.1 Å². The molecular weight excluding hydrogens is 242 g/mol. The average Bonchev–Trinajstić information content (AvgIpc) is 2.28. The summed E-state index contributed by atoms with van der Waals surface area (Å²) in [5.74, 6) is -0.312. The molecule has 1 aromatic carbocycles. The largest absolute Gasteiger partial charge is 0.304 e. The van der Waals surface area contributed by atoms with E-state index < -0.39 is 16.2 Å². The highest BCUT2D eigenvalue weighted by atomic mass is 32.2. The first-order chi connectivity index (χ1) is 7.89. The second kappa shape index (κ2) is 7.36. The first kappa shape index (κ1) is 15.1. The van der Waals surface area contributed by atoms with E-state index in [1.54, 1.807) is 30.3 Å². The number of rotatable bonds is 2. The van der Waals surface area contributed by atoms with Gasteiger partial charge in [-0.05, 0) is 5.56 Å². The fourth-order valence-corrected chi connectivity index (χ4v) is 1.43. The molecule has 0 radical (unpaired) electrons. The summed E-state index contributed by atoms with van der Waals surface area (Å²) in [5.41, 5.74) is 5.34. The van der Waals surface area contributed by atoms with Crippen LogP contribution in [0.25, 0.3) is 0 Å². The first-order valence-electron chi connectivity index (χ1n) is 4.43. The van der Waals surface area contributed by atoms with Crippen LogP contribution in [-0.2, 0) is 15.9 Å². The van der Waals surface area contributed by atoms with E-state index in [0.717, 1.165) is 0 Å². The second-order valence-electron chi connectivity index (χ2n) is 2.95. The van der Waals surface area contributed by atoms with Crippen LogP contribution in [0, 0.1) is 22.7 Å². The van der Waals surface area contributed by atoms with Crippen LogP contribution in [-0.4, -0.2) is 19.0 Å². The summed E-state index contributed by atoms with van der Waals surface area (Å²) in [7, 11) is -3.88. The van der Waals surface area contributed by atoms with E-state index in [0.29, 0.717) is 5.56 Å². The predicted octanol–water partition coefficient (Wildman–Crippen LogP) is 0.435. The minimum absolute atomic E-state index is 0.312. The van der Waals surface area contributed by atoms with Crippen molar-refractivity contribution in [3.63, 3.8) is 0 Å². The molecule has 90 valence electrons. The van der Waals surface area contributed by atoms with Gasteiger partial charge < -0.3 is 5.73 Å². The van der Waals surface area contributed by atoms with Crippen LogP contribution in [0.4, 0.5) is 0 Å². The lowest BCUT2D eigenvalue weighted by molar-refractivity contribution is 0.482. The standard InChI is InChI=1S/C7H8O3S.C3H3N3/c8-11(9,10)6-7-4-2-1-3-5-7;4-1-3(6)2-5/h1-5H,6H2,(H,8,9,10);3H,6H2. The van der Waals surface area contributed by atoms with Crippen molar-refractivity contribution in [1.82, 2.24) is 0 Å². The Bertz CT molecular complexity index is 500. The SMILES string of the molecule is N#CC(N)C#N.O=S(=O)(O)Cc1ccccc1. The normalized spacial score (nSPS) is 9.71. The van der Waals surface area contributed by atoms with Gasteiger partial charge in [0.15, 0.2) is 6.04 Å². The Labute approximate surface area is 99.7 Å². The molecule has 0 saturated heterocycles. The molecule has 0 saturated carbocycles. The van der Waals surface area contributed by atoms with Crippen LogP contribution >= 0.6 is 0 Å². The van der Waals surface area contributed by atoms with E-state index in [1.807, 2.05) is 0 Å². The predicted molar refractivity (Wildman–Crippen MR) is 60.9 cm³/mol. The molecule has 0 spiro atoms. The van der Waals surface area contributed by atoms with Crippen LogP contribution in [0.15, 0.2) is 30.3 Å². The Morgan fingerprint density at radius 1 is 1.24 bits per heavy atom. The average molecular weight is 253 g/mol. The number of hydrogen-bond acceptors (Lipinski definition) is 5. The number of benzene rings is 1. The third-order valence-corrected chi connectivity index (χ3v) is 2.17. The van der Waals surface area contributed by atoms with E-state index in [2.05, 4.69) is 0 Å². The molecule has 6 nitrogen and oxygen atoms in total. The van der Waals surface area contributed by atoms with Crippen molar-refractivity contribution in [1.29, 1.82) is 10.5 Å². The van der Waals surface area contributed by atoms with Gasteiger partial charge in [-0.1, -0.05) is 30.3 Å². The Hall–Kier alpha value is -1.93. The zero-order valence-electron chi connectivity index (χ0n) is 8.81. The van der Waals surface area contributed by atoms with Gasteiger partial charge in [0.1, 0.15) is 5.75 Å². The molecule has 0 fully saturated rings. The van der Waals surface area contributed by atoms with Crippen LogP contribution in [0.5, 0.6) is 0 Å². The van der Waals surface area contributed by atoms with Crippen molar-refractivity contribution < 1.29 is 13.0 Å². The maximum atomic E-state index is 10.4. The molecule has 0 heterocycles. The van der Waals surface area contributed by atoms with Gasteiger partial charge >= 0.3 is 0 Å². The molecule has 0 aromatic heterocycles. The Kier molecular flexibility index (Phi) is 6.53. The minimum Gasteiger partial charge on any atom is -0.304 e. The van der Waals surface area contributed by atoms with E-state index in [4.69, 9.17) is 20.8 Å². The Morgan fingerprint density at radius 2 is 1.71 bits per heavy atom. The number of hydrogen-bond donors (Lipinski definition) is 2. The fourth-order valence-electron chi connectivity index (χ4n) is 0.814. The summed E-state index contributed by atoms with van der Waals surface area (Å²) >= 11 is 0. The summed E-state index contributed by atoms with van der Waals surface area (Å²) in [4.78, 5) is 0. The van der Waals surface area contributed by atoms with Crippen molar-refractivity contribution in [3.05, 3.63) is 35.9 Å². The second-order valence-corrected chi connectivity index (χ2v) is 4.40. The van der Waals surface area contributed by atoms with E-state index >= 15 is 0 Å². The van der Waals surface area contributed by atoms with Crippen LogP contribution < -0.4 is 5.73 Å². The molecule has 0 aliphatic rings. The maximum Gasteiger partial charge on any atom is 0.269 e. The van der Waals surface area contributed by atoms with Gasteiger partial charge in [0.05, 0.1) is 12.1 Å². The summed E-state index contributed by atoms with van der Waals surface area (Å²) < 4.78 is 29.2. The van der Waals surface area contributed by atoms with Crippen LogP contribution in [0.3, 0.4) is 0 Å². The topological polar surface area (TPSA) is 128 Å². The smallest absolute Gasteiger partial charge is 0.269 e. The minimum atomic E-state index is -3.88. The van der Waals surface area contributed by atoms with Crippen molar-refractivity contribution >= 4 is 10.1 Å². The highest BCUT2D eigenvalue weighted by Gasteiger charge is 2.04. The Morgan fingerprint density at radius 3 is 2.00 bits per heavy atom. The van der Waals surface area contributed by atoms with Gasteiger partial charge in [0, 0.05) is 0 Å². The zero-order valence-corrected chi connectivity index (χ0v) is 9.63. The molecule has 1 aromatic rings. The molecule has 0 amide bonds. The van der Waals surface area contributed by atoms with E-state index in [1.165, 1.54) is 12.1 Å². The molecule has 1 rings (SSSR count). The summed E-state index contributed by atoms with van der Waals surface area (Å²) in [6.45, 7) is 0. The van der Waals surface area contributed by atoms with Gasteiger partial charge in [0.2, 0.25) is 0 Å². The summed E-state index contributed by atoms with van der Waals surface area (Å²) in [6.07, 6.45) is 0. The van der Waals surface area contributed by atoms with Crippen molar-refractivity contribution in [3.8, 4) is 12.1 Å². The summed E-state index contributed by atoms with van der Waals surface area (Å²) in [6, 6.07) is 10.6. The fraction of sp³-hybridized carbons (Fsp3) is 0.200. The molecule has 0 unspecified atom stereocenters. The highest BCUT2D eigenvalue weighted by Crippen LogP contribution is 2.02. The third-order valence-electron chi connectivity index (χ3n) is 1.47. The van der Waals surface area contributed by atoms with Crippen molar-refractivity contribution in [2.75, 3.05) is 0 Å². The summed E-state index contributed by atoms with van der Waals surface area (Å²) in [5, 5.41) is 15.5. The van der Waals surface area contributed by atoms with Crippen molar-refractivity contribution in [2.45, 2.75) is 11.8 Å². The Balaban J connectivity index is 0.000000366. The lowest BCUT2D eigenvalue weighted by atomic mass is 10.2. The van der Waals surface area contributed by atoms with E-state index in [-0.39, 0.29) is 5.75 Å². The monoisotopic (exact) mass is 253 g/mol. The molecule has 0 aliphatic carbocycles. The van der Waals surface area contributed by atoms with Gasteiger partial charge in [-0.15, -0.1) is 0 Å². The van der Waals surface area contributed by atoms with Gasteiger partial charge in [-0.25, -0.2) is 0 Å². The lowest BCUT2D eigenvalue weighted by Crippen LogP contribution is -2.12. The number of nitriles is 2. The van der Waals surface area contributed by atoms with Crippen LogP contribution in [0.2, 0.25) is 0 Å². The van der Waals surface area contributed by atoms with E-state index in [9.17, 15) is 8.42 Å². The quantitative estimate of drug-likeness (QED) is 0.736. The van der Waals surface area contributed by atoms with Crippen molar-refractivity contribution in [2.24, 2.45) is 5.73 Å². The van der Waals surface area contributed by atoms with Crippen LogP contribution in [0.1, 0.15) is 5.56 Å². The molecule has 0 bridgehead atoms. The highest BCUT2D eigenvalue weighted by molar-refractivity contribution is 7.85. The molecule has 0 aliphatic heterocycles. The third kappa shape index (κ3) is 9.03. The van der Waals surface area contributed by atoms with Gasteiger partial charge in [-0.3, -0.25) is 4.55 Å².